The molecule has 188 valence electrons. The molecule has 7 rings (SSSR count). The molecule has 3 nitrogen and oxygen atoms in total. The van der Waals surface area contributed by atoms with Gasteiger partial charge in [0.05, 0.1) is 17.1 Å². The van der Waals surface area contributed by atoms with Crippen LogP contribution in [0.4, 0.5) is 17.1 Å². The first-order valence-corrected chi connectivity index (χ1v) is 14.4. The topological polar surface area (TPSA) is 28.2 Å². The first-order chi connectivity index (χ1) is 19.1. The van der Waals surface area contributed by atoms with Crippen molar-refractivity contribution in [2.45, 2.75) is 6.17 Å². The van der Waals surface area contributed by atoms with Crippen LogP contribution in [-0.2, 0) is 0 Å². The number of hydrogen-bond acceptors (Lipinski definition) is 3. The van der Waals surface area contributed by atoms with Gasteiger partial charge in [0.2, 0.25) is 0 Å². The number of rotatable bonds is 4. The van der Waals surface area contributed by atoms with Crippen LogP contribution in [0.1, 0.15) is 11.7 Å². The van der Waals surface area contributed by atoms with Gasteiger partial charge in [0, 0.05) is 26.4 Å². The Hall–Kier alpha value is -3.93. The van der Waals surface area contributed by atoms with Crippen molar-refractivity contribution in [3.8, 4) is 22.4 Å². The summed E-state index contributed by atoms with van der Waals surface area (Å²) in [6, 6.07) is 42.8. The van der Waals surface area contributed by atoms with Crippen molar-refractivity contribution in [1.29, 1.82) is 0 Å². The fraction of sp³-hybridized carbons (Fsp3) is 0.0294. The molecular weight excluding hydrogens is 610 g/mol. The van der Waals surface area contributed by atoms with Crippen LogP contribution in [-0.4, -0.2) is 4.98 Å². The van der Waals surface area contributed by atoms with Crippen molar-refractivity contribution >= 4 is 59.7 Å². The molecule has 1 aliphatic heterocycles. The summed E-state index contributed by atoms with van der Waals surface area (Å²) >= 11 is 7.23. The zero-order chi connectivity index (χ0) is 26.3. The molecule has 0 bridgehead atoms. The zero-order valence-electron chi connectivity index (χ0n) is 20.9. The van der Waals surface area contributed by atoms with Crippen molar-refractivity contribution in [2.24, 2.45) is 0 Å². The molecule has 1 aliphatic rings. The molecule has 2 heterocycles. The van der Waals surface area contributed by atoms with E-state index in [1.54, 1.807) is 0 Å². The monoisotopic (exact) mass is 631 g/mol. The standard InChI is InChI=1S/C34H23Br2N3/c35-28-19-27(20-29(36)21-28)23-10-13-24(14-11-23)34-38-33-31(39(34)30-8-2-1-3-9-30)16-17-37-32(33)26-15-12-22-6-4-5-7-25(22)18-26/h1-21,34,38H. The molecule has 6 aromatic rings. The third-order valence-electron chi connectivity index (χ3n) is 7.21. The first-order valence-electron chi connectivity index (χ1n) is 12.8. The van der Waals surface area contributed by atoms with Crippen molar-refractivity contribution in [2.75, 3.05) is 10.2 Å². The maximum Gasteiger partial charge on any atom is 0.130 e. The lowest BCUT2D eigenvalue weighted by molar-refractivity contribution is 0.828. The summed E-state index contributed by atoms with van der Waals surface area (Å²) in [5, 5.41) is 6.27. The predicted molar refractivity (Wildman–Crippen MR) is 169 cm³/mol. The largest absolute Gasteiger partial charge is 0.358 e. The first kappa shape index (κ1) is 24.1. The fourth-order valence-corrected chi connectivity index (χ4v) is 6.67. The highest BCUT2D eigenvalue weighted by molar-refractivity contribution is 9.11. The number of anilines is 3. The van der Waals surface area contributed by atoms with Gasteiger partial charge in [0.25, 0.3) is 0 Å². The van der Waals surface area contributed by atoms with E-state index in [1.165, 1.54) is 21.9 Å². The molecule has 0 amide bonds. The van der Waals surface area contributed by atoms with Gasteiger partial charge in [-0.05, 0) is 69.9 Å². The van der Waals surface area contributed by atoms with Gasteiger partial charge in [-0.2, -0.15) is 0 Å². The van der Waals surface area contributed by atoms with E-state index in [9.17, 15) is 0 Å². The van der Waals surface area contributed by atoms with Crippen molar-refractivity contribution in [1.82, 2.24) is 4.98 Å². The second-order valence-corrected chi connectivity index (χ2v) is 11.5. The van der Waals surface area contributed by atoms with Crippen molar-refractivity contribution in [3.63, 3.8) is 0 Å². The van der Waals surface area contributed by atoms with Gasteiger partial charge in [-0.25, -0.2) is 0 Å². The molecular formula is C34H23Br2N3. The molecule has 1 unspecified atom stereocenters. The minimum Gasteiger partial charge on any atom is -0.358 e. The second-order valence-electron chi connectivity index (χ2n) is 9.65. The molecule has 0 saturated carbocycles. The summed E-state index contributed by atoms with van der Waals surface area (Å²) in [4.78, 5) is 7.22. The number of halogens is 2. The Morgan fingerprint density at radius 1 is 0.615 bits per heavy atom. The maximum absolute atomic E-state index is 4.86. The lowest BCUT2D eigenvalue weighted by atomic mass is 10.0. The van der Waals surface area contributed by atoms with E-state index < -0.39 is 0 Å². The highest BCUT2D eigenvalue weighted by atomic mass is 79.9. The number of nitrogens with zero attached hydrogens (tertiary/aromatic N) is 2. The van der Waals surface area contributed by atoms with Crippen LogP contribution in [0.5, 0.6) is 0 Å². The quantitative estimate of drug-likeness (QED) is 0.210. The van der Waals surface area contributed by atoms with E-state index in [0.717, 1.165) is 42.8 Å². The maximum atomic E-state index is 4.86. The Balaban J connectivity index is 1.32. The molecule has 5 heteroatoms. The lowest BCUT2D eigenvalue weighted by Crippen LogP contribution is -2.23. The Bertz CT molecular complexity index is 1800. The van der Waals surface area contributed by atoms with E-state index in [1.807, 2.05) is 6.20 Å². The Labute approximate surface area is 244 Å². The number of para-hydroxylation sites is 1. The van der Waals surface area contributed by atoms with E-state index in [2.05, 4.69) is 163 Å². The summed E-state index contributed by atoms with van der Waals surface area (Å²) in [6.07, 6.45) is 1.84. The van der Waals surface area contributed by atoms with Crippen molar-refractivity contribution in [3.05, 3.63) is 142 Å². The Morgan fingerprint density at radius 2 is 1.31 bits per heavy atom. The second kappa shape index (κ2) is 9.99. The fourth-order valence-electron chi connectivity index (χ4n) is 5.38. The van der Waals surface area contributed by atoms with Gasteiger partial charge < -0.3 is 10.2 Å². The zero-order valence-corrected chi connectivity index (χ0v) is 24.0. The van der Waals surface area contributed by atoms with E-state index >= 15 is 0 Å². The minimum absolute atomic E-state index is 0.0749. The Kier molecular flexibility index (Phi) is 6.18. The molecule has 39 heavy (non-hydrogen) atoms. The number of benzene rings is 5. The average Bonchev–Trinajstić information content (AvgIpc) is 3.37. The average molecular weight is 633 g/mol. The molecule has 0 spiro atoms. The van der Waals surface area contributed by atoms with E-state index in [4.69, 9.17) is 4.98 Å². The van der Waals surface area contributed by atoms with Crippen LogP contribution >= 0.6 is 31.9 Å². The molecule has 5 aromatic carbocycles. The van der Waals surface area contributed by atoms with Crippen LogP contribution in [0.25, 0.3) is 33.2 Å². The van der Waals surface area contributed by atoms with Crippen LogP contribution in [0.2, 0.25) is 0 Å². The van der Waals surface area contributed by atoms with Crippen LogP contribution in [0.3, 0.4) is 0 Å². The number of hydrogen-bond donors (Lipinski definition) is 1. The molecule has 0 radical (unpaired) electrons. The molecule has 0 aliphatic carbocycles. The van der Waals surface area contributed by atoms with Crippen LogP contribution < -0.4 is 10.2 Å². The number of nitrogens with one attached hydrogen (secondary N) is 1. The van der Waals surface area contributed by atoms with Gasteiger partial charge in [0.15, 0.2) is 0 Å². The minimum atomic E-state index is -0.0749. The number of fused-ring (bicyclic) bond motifs is 2. The third-order valence-corrected chi connectivity index (χ3v) is 8.12. The summed E-state index contributed by atoms with van der Waals surface area (Å²) in [5.41, 5.74) is 8.85. The van der Waals surface area contributed by atoms with Gasteiger partial charge in [-0.3, -0.25) is 4.98 Å². The van der Waals surface area contributed by atoms with Gasteiger partial charge in [0.1, 0.15) is 6.17 Å². The van der Waals surface area contributed by atoms with Crippen molar-refractivity contribution < 1.29 is 0 Å². The van der Waals surface area contributed by atoms with Crippen LogP contribution in [0, 0.1) is 0 Å². The molecule has 1 aromatic heterocycles. The molecule has 1 atom stereocenters. The van der Waals surface area contributed by atoms with Gasteiger partial charge >= 0.3 is 0 Å². The van der Waals surface area contributed by atoms with Gasteiger partial charge in [-0.15, -0.1) is 0 Å². The molecule has 0 saturated heterocycles. The highest BCUT2D eigenvalue weighted by Gasteiger charge is 2.33. The Morgan fingerprint density at radius 3 is 2.08 bits per heavy atom. The highest BCUT2D eigenvalue weighted by Crippen LogP contribution is 2.49. The summed E-state index contributed by atoms with van der Waals surface area (Å²) < 4.78 is 2.10. The smallest absolute Gasteiger partial charge is 0.130 e. The predicted octanol–water partition coefficient (Wildman–Crippen LogP) is 10.4. The van der Waals surface area contributed by atoms with Gasteiger partial charge in [-0.1, -0.05) is 111 Å². The lowest BCUT2D eigenvalue weighted by Gasteiger charge is -2.27. The summed E-state index contributed by atoms with van der Waals surface area (Å²) in [7, 11) is 0. The summed E-state index contributed by atoms with van der Waals surface area (Å²) in [6.45, 7) is 0. The van der Waals surface area contributed by atoms with E-state index in [-0.39, 0.29) is 6.17 Å². The third kappa shape index (κ3) is 4.52. The number of pyridine rings is 1. The SMILES string of the molecule is Brc1cc(Br)cc(-c2ccc(C3Nc4c(ccnc4-c4ccc5ccccc5c4)N3c3ccccc3)cc2)c1. The molecule has 1 N–H and O–H groups in total. The number of aromatic nitrogens is 1. The molecule has 0 fully saturated rings. The normalized spacial score (nSPS) is 14.3. The van der Waals surface area contributed by atoms with E-state index in [0.29, 0.717) is 0 Å². The summed E-state index contributed by atoms with van der Waals surface area (Å²) in [5.74, 6) is 0. The van der Waals surface area contributed by atoms with Crippen LogP contribution in [0.15, 0.2) is 136 Å².